The van der Waals surface area contributed by atoms with E-state index in [4.69, 9.17) is 4.52 Å². The highest BCUT2D eigenvalue weighted by atomic mass is 16.5. The number of hydrogen-bond donors (Lipinski definition) is 0. The molecule has 1 amide bonds. The predicted molar refractivity (Wildman–Crippen MR) is 84.7 cm³/mol. The van der Waals surface area contributed by atoms with Crippen LogP contribution in [0, 0.1) is 12.8 Å². The molecule has 2 aromatic rings. The van der Waals surface area contributed by atoms with Gasteiger partial charge in [-0.25, -0.2) is 4.98 Å². The average molecular weight is 315 g/mol. The minimum atomic E-state index is -0.0243. The normalized spacial score (nSPS) is 18.0. The molecular formula is C16H21N5O2. The summed E-state index contributed by atoms with van der Waals surface area (Å²) in [6.07, 6.45) is 6.96. The summed E-state index contributed by atoms with van der Waals surface area (Å²) in [5, 5.41) is 3.95. The molecule has 7 nitrogen and oxygen atoms in total. The van der Waals surface area contributed by atoms with Crippen LogP contribution in [0.5, 0.6) is 0 Å². The Morgan fingerprint density at radius 2 is 2.35 bits per heavy atom. The molecule has 122 valence electrons. The average Bonchev–Trinajstić information content (AvgIpc) is 3.00. The van der Waals surface area contributed by atoms with Crippen molar-refractivity contribution in [1.82, 2.24) is 20.0 Å². The third-order valence-electron chi connectivity index (χ3n) is 4.10. The van der Waals surface area contributed by atoms with Gasteiger partial charge in [0, 0.05) is 38.6 Å². The summed E-state index contributed by atoms with van der Waals surface area (Å²) in [5.41, 5.74) is 0.778. The van der Waals surface area contributed by atoms with E-state index in [9.17, 15) is 4.79 Å². The summed E-state index contributed by atoms with van der Waals surface area (Å²) in [7, 11) is 1.81. The number of aryl methyl sites for hydroxylation is 1. The highest BCUT2D eigenvalue weighted by Gasteiger charge is 2.29. The second-order valence-electron chi connectivity index (χ2n) is 5.97. The number of carbonyl (C=O) groups is 1. The Balaban J connectivity index is 1.62. The molecule has 1 aliphatic heterocycles. The van der Waals surface area contributed by atoms with Crippen molar-refractivity contribution in [2.24, 2.45) is 5.92 Å². The van der Waals surface area contributed by atoms with Gasteiger partial charge in [0.1, 0.15) is 17.3 Å². The van der Waals surface area contributed by atoms with Gasteiger partial charge in [0.2, 0.25) is 5.91 Å². The molecule has 0 aromatic carbocycles. The maximum atomic E-state index is 12.7. The topological polar surface area (TPSA) is 75.4 Å². The molecule has 1 fully saturated rings. The molecule has 23 heavy (non-hydrogen) atoms. The van der Waals surface area contributed by atoms with Crippen molar-refractivity contribution in [1.29, 1.82) is 0 Å². The van der Waals surface area contributed by atoms with Crippen LogP contribution in [-0.2, 0) is 11.3 Å². The van der Waals surface area contributed by atoms with Crippen LogP contribution in [0.1, 0.15) is 24.3 Å². The lowest BCUT2D eigenvalue weighted by Crippen LogP contribution is -2.43. The van der Waals surface area contributed by atoms with E-state index >= 15 is 0 Å². The number of anilines is 1. The number of hydrogen-bond acceptors (Lipinski definition) is 6. The summed E-state index contributed by atoms with van der Waals surface area (Å²) < 4.78 is 5.05. The molecular weight excluding hydrogens is 294 g/mol. The van der Waals surface area contributed by atoms with Crippen LogP contribution in [0.2, 0.25) is 0 Å². The molecule has 0 saturated carbocycles. The number of amides is 1. The lowest BCUT2D eigenvalue weighted by atomic mass is 9.96. The minimum absolute atomic E-state index is 0.0243. The zero-order chi connectivity index (χ0) is 16.2. The predicted octanol–water partition coefficient (Wildman–Crippen LogP) is 1.65. The first-order valence-electron chi connectivity index (χ1n) is 7.81. The molecule has 3 heterocycles. The number of rotatable bonds is 4. The van der Waals surface area contributed by atoms with E-state index in [1.165, 1.54) is 0 Å². The molecule has 3 rings (SSSR count). The fourth-order valence-corrected chi connectivity index (χ4v) is 2.97. The Hall–Kier alpha value is -2.44. The van der Waals surface area contributed by atoms with E-state index in [2.05, 4.69) is 20.0 Å². The van der Waals surface area contributed by atoms with Crippen LogP contribution >= 0.6 is 0 Å². The molecule has 0 radical (unpaired) electrons. The fraction of sp³-hybridized carbons (Fsp3) is 0.500. The maximum absolute atomic E-state index is 12.7. The third-order valence-corrected chi connectivity index (χ3v) is 4.10. The van der Waals surface area contributed by atoms with Crippen molar-refractivity contribution < 1.29 is 9.32 Å². The van der Waals surface area contributed by atoms with Crippen molar-refractivity contribution in [3.05, 3.63) is 36.1 Å². The van der Waals surface area contributed by atoms with Crippen LogP contribution in [0.15, 0.2) is 29.2 Å². The summed E-state index contributed by atoms with van der Waals surface area (Å²) in [4.78, 5) is 25.0. The standard InChI is InChI=1S/C16H21N5O2/c1-12-8-14(19-23-12)11-20(2)16(22)13-4-3-7-21(10-13)15-9-17-5-6-18-15/h5-6,8-9,13H,3-4,7,10-11H2,1-2H3/t13-/m0/s1. The van der Waals surface area contributed by atoms with Gasteiger partial charge in [-0.2, -0.15) is 0 Å². The van der Waals surface area contributed by atoms with Crippen LogP contribution in [0.4, 0.5) is 5.82 Å². The van der Waals surface area contributed by atoms with E-state index in [0.717, 1.165) is 36.7 Å². The first-order chi connectivity index (χ1) is 11.1. The zero-order valence-electron chi connectivity index (χ0n) is 13.5. The molecule has 1 aliphatic rings. The third kappa shape index (κ3) is 3.67. The Kier molecular flexibility index (Phi) is 4.55. The van der Waals surface area contributed by atoms with Gasteiger partial charge in [0.05, 0.1) is 18.7 Å². The summed E-state index contributed by atoms with van der Waals surface area (Å²) in [6.45, 7) is 3.91. The number of carbonyl (C=O) groups excluding carboxylic acids is 1. The molecule has 1 saturated heterocycles. The van der Waals surface area contributed by atoms with E-state index in [-0.39, 0.29) is 11.8 Å². The highest BCUT2D eigenvalue weighted by molar-refractivity contribution is 5.79. The van der Waals surface area contributed by atoms with Gasteiger partial charge < -0.3 is 14.3 Å². The van der Waals surface area contributed by atoms with Crippen LogP contribution in [0.25, 0.3) is 0 Å². The second kappa shape index (κ2) is 6.76. The summed E-state index contributed by atoms with van der Waals surface area (Å²) in [5.74, 6) is 1.70. The first-order valence-corrected chi connectivity index (χ1v) is 7.81. The van der Waals surface area contributed by atoms with Gasteiger partial charge in [-0.1, -0.05) is 5.16 Å². The molecule has 0 aliphatic carbocycles. The van der Waals surface area contributed by atoms with Crippen molar-refractivity contribution in [3.63, 3.8) is 0 Å². The van der Waals surface area contributed by atoms with Crippen molar-refractivity contribution in [2.75, 3.05) is 25.0 Å². The molecule has 7 heteroatoms. The number of aromatic nitrogens is 3. The molecule has 1 atom stereocenters. The van der Waals surface area contributed by atoms with Gasteiger partial charge >= 0.3 is 0 Å². The number of nitrogens with zero attached hydrogens (tertiary/aromatic N) is 5. The SMILES string of the molecule is Cc1cc(CN(C)C(=O)[C@H]2CCCN(c3cnccn3)C2)no1. The van der Waals surface area contributed by atoms with Crippen molar-refractivity contribution in [3.8, 4) is 0 Å². The van der Waals surface area contributed by atoms with E-state index in [1.54, 1.807) is 23.5 Å². The molecule has 0 unspecified atom stereocenters. The van der Waals surface area contributed by atoms with E-state index in [0.29, 0.717) is 13.1 Å². The van der Waals surface area contributed by atoms with Gasteiger partial charge in [-0.15, -0.1) is 0 Å². The fourth-order valence-electron chi connectivity index (χ4n) is 2.97. The van der Waals surface area contributed by atoms with Gasteiger partial charge in [-0.05, 0) is 19.8 Å². The Morgan fingerprint density at radius 1 is 1.48 bits per heavy atom. The van der Waals surface area contributed by atoms with Crippen molar-refractivity contribution in [2.45, 2.75) is 26.3 Å². The highest BCUT2D eigenvalue weighted by Crippen LogP contribution is 2.22. The van der Waals surface area contributed by atoms with Gasteiger partial charge in [-0.3, -0.25) is 9.78 Å². The lowest BCUT2D eigenvalue weighted by Gasteiger charge is -2.34. The van der Waals surface area contributed by atoms with Gasteiger partial charge in [0.25, 0.3) is 0 Å². The maximum Gasteiger partial charge on any atom is 0.227 e. The second-order valence-corrected chi connectivity index (χ2v) is 5.97. The van der Waals surface area contributed by atoms with Crippen LogP contribution < -0.4 is 4.90 Å². The Bertz CT molecular complexity index is 658. The van der Waals surface area contributed by atoms with Crippen molar-refractivity contribution >= 4 is 11.7 Å². The van der Waals surface area contributed by atoms with Crippen LogP contribution in [0.3, 0.4) is 0 Å². The van der Waals surface area contributed by atoms with E-state index in [1.807, 2.05) is 20.0 Å². The molecule has 0 bridgehead atoms. The first kappa shape index (κ1) is 15.5. The summed E-state index contributed by atoms with van der Waals surface area (Å²) in [6, 6.07) is 1.86. The quantitative estimate of drug-likeness (QED) is 0.854. The molecule has 0 spiro atoms. The Labute approximate surface area is 135 Å². The van der Waals surface area contributed by atoms with Gasteiger partial charge in [0.15, 0.2) is 0 Å². The number of piperidine rings is 1. The largest absolute Gasteiger partial charge is 0.361 e. The van der Waals surface area contributed by atoms with E-state index < -0.39 is 0 Å². The molecule has 0 N–H and O–H groups in total. The minimum Gasteiger partial charge on any atom is -0.361 e. The monoisotopic (exact) mass is 315 g/mol. The lowest BCUT2D eigenvalue weighted by molar-refractivity contribution is -0.135. The smallest absolute Gasteiger partial charge is 0.227 e. The molecule has 2 aromatic heterocycles. The van der Waals surface area contributed by atoms with Crippen LogP contribution in [-0.4, -0.2) is 46.1 Å². The zero-order valence-corrected chi connectivity index (χ0v) is 13.5. The Morgan fingerprint density at radius 3 is 3.04 bits per heavy atom. The summed E-state index contributed by atoms with van der Waals surface area (Å²) >= 11 is 0.